The Morgan fingerprint density at radius 1 is 1.26 bits per heavy atom. The maximum absolute atomic E-state index is 10.9. The molecule has 1 aromatic carbocycles. The summed E-state index contributed by atoms with van der Waals surface area (Å²) in [6, 6.07) is 8.19. The van der Waals surface area contributed by atoms with Crippen molar-refractivity contribution in [2.24, 2.45) is 11.7 Å². The average Bonchev–Trinajstić information content (AvgIpc) is 2.98. The van der Waals surface area contributed by atoms with Crippen molar-refractivity contribution in [1.82, 2.24) is 25.1 Å². The average molecular weight is 314 g/mol. The molecule has 1 aliphatic rings. The van der Waals surface area contributed by atoms with Crippen LogP contribution < -0.4 is 5.73 Å². The number of nitrogens with zero attached hydrogens (tertiary/aromatic N) is 5. The van der Waals surface area contributed by atoms with Gasteiger partial charge in [0.05, 0.1) is 0 Å². The summed E-state index contributed by atoms with van der Waals surface area (Å²) in [4.78, 5) is 14.6. The molecular formula is C16H22N6O. The zero-order valence-electron chi connectivity index (χ0n) is 13.4. The first-order chi connectivity index (χ1) is 11.1. The molecule has 7 nitrogen and oxygen atoms in total. The Labute approximate surface area is 135 Å². The van der Waals surface area contributed by atoms with E-state index in [0.29, 0.717) is 5.82 Å². The van der Waals surface area contributed by atoms with Gasteiger partial charge in [-0.3, -0.25) is 9.69 Å². The van der Waals surface area contributed by atoms with Gasteiger partial charge in [0, 0.05) is 12.1 Å². The van der Waals surface area contributed by atoms with Crippen molar-refractivity contribution in [2.45, 2.75) is 32.9 Å². The van der Waals surface area contributed by atoms with Crippen molar-refractivity contribution in [3.8, 4) is 11.4 Å². The number of benzene rings is 1. The number of tetrazole rings is 1. The predicted octanol–water partition coefficient (Wildman–Crippen LogP) is 1.06. The van der Waals surface area contributed by atoms with Crippen LogP contribution in [0.25, 0.3) is 11.4 Å². The molecule has 0 bridgehead atoms. The molecule has 23 heavy (non-hydrogen) atoms. The van der Waals surface area contributed by atoms with Crippen LogP contribution in [0.5, 0.6) is 0 Å². The standard InChI is InChI=1S/C16H22N6O/c1-12-6-8-21(9-7-12)10-13-2-4-14(5-3-13)16-18-20-22(19-16)11-15(17)23/h2-5,12H,6-11H2,1H3,(H2,17,23). The van der Waals surface area contributed by atoms with Crippen LogP contribution in [0.2, 0.25) is 0 Å². The van der Waals surface area contributed by atoms with Crippen LogP contribution in [0, 0.1) is 5.92 Å². The van der Waals surface area contributed by atoms with Gasteiger partial charge in [-0.05, 0) is 42.6 Å². The Morgan fingerprint density at radius 2 is 1.96 bits per heavy atom. The highest BCUT2D eigenvalue weighted by Crippen LogP contribution is 2.19. The highest BCUT2D eigenvalue weighted by molar-refractivity contribution is 5.73. The van der Waals surface area contributed by atoms with E-state index in [-0.39, 0.29) is 6.54 Å². The summed E-state index contributed by atoms with van der Waals surface area (Å²) in [5, 5.41) is 11.9. The van der Waals surface area contributed by atoms with E-state index in [1.165, 1.54) is 36.3 Å². The number of rotatable bonds is 5. The maximum atomic E-state index is 10.9. The van der Waals surface area contributed by atoms with Crippen LogP contribution in [-0.2, 0) is 17.9 Å². The summed E-state index contributed by atoms with van der Waals surface area (Å²) in [5.74, 6) is 0.868. The van der Waals surface area contributed by atoms with E-state index < -0.39 is 5.91 Å². The summed E-state index contributed by atoms with van der Waals surface area (Å²) in [5.41, 5.74) is 7.29. The van der Waals surface area contributed by atoms with Crippen molar-refractivity contribution in [3.05, 3.63) is 29.8 Å². The molecule has 0 aliphatic carbocycles. The van der Waals surface area contributed by atoms with Gasteiger partial charge in [-0.15, -0.1) is 10.2 Å². The number of hydrogen-bond acceptors (Lipinski definition) is 5. The molecular weight excluding hydrogens is 292 g/mol. The minimum absolute atomic E-state index is 0.0571. The minimum Gasteiger partial charge on any atom is -0.368 e. The summed E-state index contributed by atoms with van der Waals surface area (Å²) < 4.78 is 0. The number of piperidine rings is 1. The van der Waals surface area contributed by atoms with E-state index in [2.05, 4.69) is 39.4 Å². The quantitative estimate of drug-likeness (QED) is 0.891. The molecule has 3 rings (SSSR count). The van der Waals surface area contributed by atoms with Crippen molar-refractivity contribution in [3.63, 3.8) is 0 Å². The van der Waals surface area contributed by atoms with Gasteiger partial charge in [-0.1, -0.05) is 31.2 Å². The zero-order valence-corrected chi connectivity index (χ0v) is 13.4. The van der Waals surface area contributed by atoms with Crippen LogP contribution >= 0.6 is 0 Å². The normalized spacial score (nSPS) is 16.6. The van der Waals surface area contributed by atoms with Crippen LogP contribution in [0.4, 0.5) is 0 Å². The molecule has 1 aliphatic heterocycles. The summed E-state index contributed by atoms with van der Waals surface area (Å²) in [6.45, 7) is 5.59. The lowest BCUT2D eigenvalue weighted by Gasteiger charge is -2.30. The molecule has 0 saturated carbocycles. The van der Waals surface area contributed by atoms with Crippen molar-refractivity contribution in [1.29, 1.82) is 0 Å². The second-order valence-electron chi connectivity index (χ2n) is 6.27. The Kier molecular flexibility index (Phi) is 4.66. The number of carbonyl (C=O) groups excluding carboxylic acids is 1. The molecule has 2 aromatic rings. The molecule has 0 atom stereocenters. The fourth-order valence-corrected chi connectivity index (χ4v) is 2.80. The molecule has 7 heteroatoms. The van der Waals surface area contributed by atoms with Gasteiger partial charge in [0.2, 0.25) is 11.7 Å². The number of carbonyl (C=O) groups is 1. The van der Waals surface area contributed by atoms with E-state index in [9.17, 15) is 4.79 Å². The van der Waals surface area contributed by atoms with Gasteiger partial charge in [0.25, 0.3) is 0 Å². The van der Waals surface area contributed by atoms with Gasteiger partial charge < -0.3 is 5.73 Å². The summed E-state index contributed by atoms with van der Waals surface area (Å²) in [7, 11) is 0. The lowest BCUT2D eigenvalue weighted by molar-refractivity contribution is -0.118. The van der Waals surface area contributed by atoms with Crippen molar-refractivity contribution >= 4 is 5.91 Å². The second kappa shape index (κ2) is 6.87. The molecule has 122 valence electrons. The first-order valence-corrected chi connectivity index (χ1v) is 7.98. The molecule has 1 fully saturated rings. The third-order valence-corrected chi connectivity index (χ3v) is 4.24. The minimum atomic E-state index is -0.486. The molecule has 1 saturated heterocycles. The Morgan fingerprint density at radius 3 is 2.61 bits per heavy atom. The maximum Gasteiger partial charge on any atom is 0.241 e. The number of amides is 1. The lowest BCUT2D eigenvalue weighted by Crippen LogP contribution is -2.32. The van der Waals surface area contributed by atoms with Crippen LogP contribution in [-0.4, -0.2) is 44.1 Å². The first-order valence-electron chi connectivity index (χ1n) is 7.98. The highest BCUT2D eigenvalue weighted by Gasteiger charge is 2.15. The number of aromatic nitrogens is 4. The fourth-order valence-electron chi connectivity index (χ4n) is 2.80. The van der Waals surface area contributed by atoms with Crippen LogP contribution in [0.1, 0.15) is 25.3 Å². The van der Waals surface area contributed by atoms with E-state index in [1.54, 1.807) is 0 Å². The molecule has 0 radical (unpaired) electrons. The van der Waals surface area contributed by atoms with Crippen LogP contribution in [0.15, 0.2) is 24.3 Å². The van der Waals surface area contributed by atoms with E-state index in [4.69, 9.17) is 5.73 Å². The number of nitrogens with two attached hydrogens (primary N) is 1. The molecule has 0 spiro atoms. The summed E-state index contributed by atoms with van der Waals surface area (Å²) >= 11 is 0. The van der Waals surface area contributed by atoms with Crippen molar-refractivity contribution < 1.29 is 4.79 Å². The molecule has 2 heterocycles. The molecule has 2 N–H and O–H groups in total. The topological polar surface area (TPSA) is 89.9 Å². The third-order valence-electron chi connectivity index (χ3n) is 4.24. The fraction of sp³-hybridized carbons (Fsp3) is 0.500. The van der Waals surface area contributed by atoms with Gasteiger partial charge >= 0.3 is 0 Å². The van der Waals surface area contributed by atoms with Gasteiger partial charge in [-0.2, -0.15) is 4.80 Å². The zero-order chi connectivity index (χ0) is 16.2. The first kappa shape index (κ1) is 15.6. The summed E-state index contributed by atoms with van der Waals surface area (Å²) in [6.07, 6.45) is 2.57. The Hall–Kier alpha value is -2.28. The van der Waals surface area contributed by atoms with E-state index >= 15 is 0 Å². The number of primary amides is 1. The smallest absolute Gasteiger partial charge is 0.241 e. The van der Waals surface area contributed by atoms with Crippen LogP contribution in [0.3, 0.4) is 0 Å². The second-order valence-corrected chi connectivity index (χ2v) is 6.27. The number of hydrogen-bond donors (Lipinski definition) is 1. The monoisotopic (exact) mass is 314 g/mol. The van der Waals surface area contributed by atoms with E-state index in [0.717, 1.165) is 18.0 Å². The van der Waals surface area contributed by atoms with E-state index in [1.807, 2.05) is 12.1 Å². The highest BCUT2D eigenvalue weighted by atomic mass is 16.1. The SMILES string of the molecule is CC1CCN(Cc2ccc(-c3nnn(CC(N)=O)n3)cc2)CC1. The predicted molar refractivity (Wildman–Crippen MR) is 86.1 cm³/mol. The van der Waals surface area contributed by atoms with Gasteiger partial charge in [-0.25, -0.2) is 0 Å². The largest absolute Gasteiger partial charge is 0.368 e. The Balaban J connectivity index is 1.62. The number of likely N-dealkylation sites (tertiary alicyclic amines) is 1. The molecule has 0 unspecified atom stereocenters. The van der Waals surface area contributed by atoms with Gasteiger partial charge in [0.15, 0.2) is 0 Å². The third kappa shape index (κ3) is 4.13. The van der Waals surface area contributed by atoms with Crippen molar-refractivity contribution in [2.75, 3.05) is 13.1 Å². The molecule has 1 aromatic heterocycles. The Bertz CT molecular complexity index is 657. The van der Waals surface area contributed by atoms with Gasteiger partial charge in [0.1, 0.15) is 6.54 Å². The molecule has 1 amide bonds. The lowest BCUT2D eigenvalue weighted by atomic mass is 9.99.